The summed E-state index contributed by atoms with van der Waals surface area (Å²) in [6.07, 6.45) is 0. The number of halogens is 1. The van der Waals surface area contributed by atoms with E-state index in [1.54, 1.807) is 0 Å². The molecule has 0 aliphatic rings. The van der Waals surface area contributed by atoms with Crippen molar-refractivity contribution in [2.75, 3.05) is 0 Å². The van der Waals surface area contributed by atoms with E-state index in [4.69, 9.17) is 4.98 Å². The van der Waals surface area contributed by atoms with E-state index in [0.717, 1.165) is 16.8 Å². The van der Waals surface area contributed by atoms with Gasteiger partial charge in [-0.3, -0.25) is 0 Å². The van der Waals surface area contributed by atoms with Crippen molar-refractivity contribution in [2.45, 2.75) is 0 Å². The van der Waals surface area contributed by atoms with Gasteiger partial charge >= 0.3 is 0 Å². The van der Waals surface area contributed by atoms with Gasteiger partial charge in [0.2, 0.25) is 0 Å². The van der Waals surface area contributed by atoms with Crippen LogP contribution in [0.1, 0.15) is 0 Å². The monoisotopic (exact) mass is 493 g/mol. The van der Waals surface area contributed by atoms with Crippen LogP contribution in [0.4, 0.5) is 0 Å². The molecule has 0 aliphatic carbocycles. The lowest BCUT2D eigenvalue weighted by atomic mass is 9.88. The van der Waals surface area contributed by atoms with Gasteiger partial charge in [0.05, 0.1) is 11.2 Å². The number of rotatable bonds is 1. The lowest BCUT2D eigenvalue weighted by Gasteiger charge is -2.16. The summed E-state index contributed by atoms with van der Waals surface area (Å²) in [6, 6.07) is 32.8. The topological polar surface area (TPSA) is 12.9 Å². The van der Waals surface area contributed by atoms with E-state index in [1.807, 2.05) is 0 Å². The summed E-state index contributed by atoms with van der Waals surface area (Å²) in [6.45, 7) is 0. The van der Waals surface area contributed by atoms with Crippen molar-refractivity contribution in [1.29, 1.82) is 0 Å². The maximum Gasteiger partial charge on any atom is 0.139 e. The van der Waals surface area contributed by atoms with Crippen molar-refractivity contribution < 1.29 is 0 Å². The highest BCUT2D eigenvalue weighted by atomic mass is 127. The first-order valence-electron chi connectivity index (χ1n) is 10.1. The van der Waals surface area contributed by atoms with Crippen LogP contribution in [-0.2, 0) is 0 Å². The van der Waals surface area contributed by atoms with E-state index in [1.165, 1.54) is 46.7 Å². The molecule has 0 atom stereocenters. The van der Waals surface area contributed by atoms with Crippen LogP contribution in [0.5, 0.6) is 0 Å². The van der Waals surface area contributed by atoms with E-state index >= 15 is 0 Å². The minimum absolute atomic E-state index is 1.05. The fourth-order valence-electron chi connectivity index (χ4n) is 4.61. The van der Waals surface area contributed by atoms with Gasteiger partial charge in [0.1, 0.15) is 7.85 Å². The summed E-state index contributed by atoms with van der Waals surface area (Å²) < 4.78 is 1.23. The summed E-state index contributed by atoms with van der Waals surface area (Å²) in [5.41, 5.74) is 4.50. The Labute approximate surface area is 189 Å². The van der Waals surface area contributed by atoms with E-state index < -0.39 is 0 Å². The molecule has 0 amide bonds. The van der Waals surface area contributed by atoms with Gasteiger partial charge in [-0.1, -0.05) is 78.3 Å². The summed E-state index contributed by atoms with van der Waals surface area (Å²) >= 11 is 2.36. The number of benzene rings is 5. The third-order valence-corrected chi connectivity index (χ3v) is 6.66. The zero-order valence-corrected chi connectivity index (χ0v) is 18.6. The maximum atomic E-state index is 5.22. The molecule has 5 aromatic carbocycles. The minimum Gasteiger partial charge on any atom is -0.247 e. The number of pyridine rings is 1. The second kappa shape index (κ2) is 6.81. The van der Waals surface area contributed by atoms with Crippen molar-refractivity contribution >= 4 is 79.1 Å². The predicted octanol–water partition coefficient (Wildman–Crippen LogP) is 6.22. The number of hydrogen-bond donors (Lipinski definition) is 0. The van der Waals surface area contributed by atoms with Crippen LogP contribution in [-0.4, -0.2) is 12.8 Å². The molecule has 6 rings (SSSR count). The van der Waals surface area contributed by atoms with Crippen molar-refractivity contribution in [1.82, 2.24) is 4.98 Å². The molecule has 6 aromatic rings. The molecule has 3 heteroatoms. The molecule has 0 radical (unpaired) electrons. The second-order valence-electron chi connectivity index (χ2n) is 7.83. The molecule has 0 bridgehead atoms. The first kappa shape index (κ1) is 17.9. The Hall–Kier alpha value is -2.92. The largest absolute Gasteiger partial charge is 0.247 e. The number of fused-ring (bicyclic) bond motifs is 8. The van der Waals surface area contributed by atoms with Crippen LogP contribution in [0.2, 0.25) is 0 Å². The molecule has 1 nitrogen and oxygen atoms in total. The first-order chi connectivity index (χ1) is 14.7. The molecule has 1 heterocycles. The summed E-state index contributed by atoms with van der Waals surface area (Å²) in [7, 11) is 2.13. The van der Waals surface area contributed by atoms with E-state index in [2.05, 4.69) is 121 Å². The molecule has 0 aliphatic heterocycles. The van der Waals surface area contributed by atoms with Crippen LogP contribution < -0.4 is 5.46 Å². The first-order valence-corrected chi connectivity index (χ1v) is 11.2. The second-order valence-corrected chi connectivity index (χ2v) is 9.07. The summed E-state index contributed by atoms with van der Waals surface area (Å²) in [5.74, 6) is 0. The zero-order valence-electron chi connectivity index (χ0n) is 16.5. The highest BCUT2D eigenvalue weighted by Gasteiger charge is 2.17. The molecule has 0 saturated heterocycles. The van der Waals surface area contributed by atoms with E-state index in [9.17, 15) is 0 Å². The average molecular weight is 493 g/mol. The molecule has 140 valence electrons. The maximum absolute atomic E-state index is 5.22. The van der Waals surface area contributed by atoms with Gasteiger partial charge in [0.15, 0.2) is 0 Å². The molecular weight excluding hydrogens is 476 g/mol. The quantitative estimate of drug-likeness (QED) is 0.151. The van der Waals surface area contributed by atoms with Crippen molar-refractivity contribution in [3.8, 4) is 11.3 Å². The predicted molar refractivity (Wildman–Crippen MR) is 141 cm³/mol. The van der Waals surface area contributed by atoms with Crippen molar-refractivity contribution in [2.24, 2.45) is 0 Å². The lowest BCUT2D eigenvalue weighted by molar-refractivity contribution is 1.43. The van der Waals surface area contributed by atoms with Gasteiger partial charge < -0.3 is 0 Å². The zero-order chi connectivity index (χ0) is 20.2. The van der Waals surface area contributed by atoms with Gasteiger partial charge in [-0.2, -0.15) is 0 Å². The van der Waals surface area contributed by atoms with Crippen LogP contribution >= 0.6 is 22.6 Å². The lowest BCUT2D eigenvalue weighted by Crippen LogP contribution is -2.02. The molecule has 1 aromatic heterocycles. The molecule has 0 spiro atoms. The van der Waals surface area contributed by atoms with E-state index in [0.29, 0.717) is 0 Å². The Morgan fingerprint density at radius 3 is 1.87 bits per heavy atom. The van der Waals surface area contributed by atoms with Crippen molar-refractivity contribution in [3.63, 3.8) is 0 Å². The Morgan fingerprint density at radius 2 is 1.20 bits per heavy atom. The number of nitrogens with zero attached hydrogens (tertiary/aromatic N) is 1. The van der Waals surface area contributed by atoms with Crippen molar-refractivity contribution in [3.05, 3.63) is 94.6 Å². The molecule has 0 saturated carbocycles. The highest BCUT2D eigenvalue weighted by Crippen LogP contribution is 2.42. The van der Waals surface area contributed by atoms with Crippen LogP contribution in [0, 0.1) is 3.57 Å². The molecule has 0 fully saturated rings. The fraction of sp³-hybridized carbons (Fsp3) is 0. The Kier molecular flexibility index (Phi) is 4.07. The normalized spacial score (nSPS) is 11.6. The third-order valence-electron chi connectivity index (χ3n) is 5.94. The summed E-state index contributed by atoms with van der Waals surface area (Å²) in [5, 5.41) is 8.86. The van der Waals surface area contributed by atoms with Gasteiger partial charge in [0, 0.05) is 25.3 Å². The van der Waals surface area contributed by atoms with Crippen LogP contribution in [0.25, 0.3) is 54.5 Å². The minimum atomic E-state index is 1.05. The fourth-order valence-corrected chi connectivity index (χ4v) is 4.97. The SMILES string of the molecule is Bc1ccc2c(c1)nc(-c1ccc(I)cc1)c1c3ccccc3c3ccccc3c21. The summed E-state index contributed by atoms with van der Waals surface area (Å²) in [4.78, 5) is 5.22. The van der Waals surface area contributed by atoms with Gasteiger partial charge in [0.25, 0.3) is 0 Å². The van der Waals surface area contributed by atoms with Crippen LogP contribution in [0.15, 0.2) is 91.0 Å². The Balaban J connectivity index is 1.96. The van der Waals surface area contributed by atoms with E-state index in [-0.39, 0.29) is 0 Å². The van der Waals surface area contributed by atoms with Gasteiger partial charge in [-0.05, 0) is 62.3 Å². The molecule has 0 unspecified atom stereocenters. The van der Waals surface area contributed by atoms with Crippen LogP contribution in [0.3, 0.4) is 0 Å². The Morgan fingerprint density at radius 1 is 0.600 bits per heavy atom. The number of hydrogen-bond acceptors (Lipinski definition) is 1. The molecule has 30 heavy (non-hydrogen) atoms. The van der Waals surface area contributed by atoms with Gasteiger partial charge in [-0.15, -0.1) is 0 Å². The van der Waals surface area contributed by atoms with Gasteiger partial charge in [-0.25, -0.2) is 4.98 Å². The smallest absolute Gasteiger partial charge is 0.139 e. The third kappa shape index (κ3) is 2.65. The molecular formula is C27H17BIN. The Bertz CT molecular complexity index is 1600. The molecule has 0 N–H and O–H groups in total. The average Bonchev–Trinajstić information content (AvgIpc) is 2.78. The number of aromatic nitrogens is 1. The standard InChI is InChI=1S/C27H17BIN/c28-17-11-14-23-24(15-17)30-27(16-9-12-18(29)13-10-16)26-22-8-4-2-6-20(22)19-5-1-3-7-21(19)25(23)26/h1-15H,28H2. The highest BCUT2D eigenvalue weighted by molar-refractivity contribution is 14.1.